The van der Waals surface area contributed by atoms with E-state index in [0.29, 0.717) is 6.42 Å². The van der Waals surface area contributed by atoms with Crippen LogP contribution in [0.2, 0.25) is 0 Å². The first-order chi connectivity index (χ1) is 8.74. The summed E-state index contributed by atoms with van der Waals surface area (Å²) in [7, 11) is 0. The van der Waals surface area contributed by atoms with Crippen LogP contribution in [0, 0.1) is 0 Å². The highest BCUT2D eigenvalue weighted by atomic mass is 79.9. The van der Waals surface area contributed by atoms with Gasteiger partial charge in [0.2, 0.25) is 5.91 Å². The van der Waals surface area contributed by atoms with Crippen LogP contribution >= 0.6 is 15.9 Å². The summed E-state index contributed by atoms with van der Waals surface area (Å²) in [6.45, 7) is 2.21. The van der Waals surface area contributed by atoms with Gasteiger partial charge in [-0.15, -0.1) is 0 Å². The van der Waals surface area contributed by atoms with Gasteiger partial charge in [-0.05, 0) is 34.5 Å². The van der Waals surface area contributed by atoms with Crippen molar-refractivity contribution < 1.29 is 4.79 Å². The summed E-state index contributed by atoms with van der Waals surface area (Å²) < 4.78 is 0.932. The van der Waals surface area contributed by atoms with E-state index in [1.165, 1.54) is 25.7 Å². The van der Waals surface area contributed by atoms with Crippen molar-refractivity contribution in [2.75, 3.05) is 5.32 Å². The fraction of sp³-hybridized carbons (Fsp3) is 0.533. The second kappa shape index (κ2) is 9.15. The number of benzene rings is 1. The van der Waals surface area contributed by atoms with Crippen molar-refractivity contribution in [3.63, 3.8) is 0 Å². The van der Waals surface area contributed by atoms with Gasteiger partial charge >= 0.3 is 0 Å². The van der Waals surface area contributed by atoms with E-state index in [1.54, 1.807) is 0 Å². The van der Waals surface area contributed by atoms with Gasteiger partial charge in [-0.25, -0.2) is 0 Å². The Hall–Kier alpha value is -0.830. The number of hydrogen-bond acceptors (Lipinski definition) is 1. The number of unbranched alkanes of at least 4 members (excludes halogenated alkanes) is 5. The van der Waals surface area contributed by atoms with Crippen molar-refractivity contribution in [1.82, 2.24) is 0 Å². The third-order valence-electron chi connectivity index (χ3n) is 2.91. The Bertz CT molecular complexity index is 365. The molecular weight excluding hydrogens is 290 g/mol. The summed E-state index contributed by atoms with van der Waals surface area (Å²) in [6.07, 6.45) is 7.88. The number of carbonyl (C=O) groups excluding carboxylic acids is 1. The molecule has 0 saturated carbocycles. The predicted molar refractivity (Wildman–Crippen MR) is 80.8 cm³/mol. The second-order valence-corrected chi connectivity index (χ2v) is 5.40. The third kappa shape index (κ3) is 6.20. The van der Waals surface area contributed by atoms with E-state index in [4.69, 9.17) is 0 Å². The predicted octanol–water partition coefficient (Wildman–Crippen LogP) is 5.14. The molecule has 0 fully saturated rings. The molecule has 0 atom stereocenters. The molecule has 0 aromatic heterocycles. The van der Waals surface area contributed by atoms with Crippen LogP contribution in [0.25, 0.3) is 0 Å². The van der Waals surface area contributed by atoms with Crippen molar-refractivity contribution >= 4 is 27.5 Å². The topological polar surface area (TPSA) is 29.1 Å². The molecule has 0 bridgehead atoms. The van der Waals surface area contributed by atoms with Gasteiger partial charge < -0.3 is 5.32 Å². The molecule has 1 N–H and O–H groups in total. The zero-order valence-electron chi connectivity index (χ0n) is 11.0. The standard InChI is InChI=1S/C15H22BrNO/c1-2-3-4-5-6-7-12-15(18)17-14-11-9-8-10-13(14)16/h8-11H,2-7,12H2,1H3,(H,17,18). The van der Waals surface area contributed by atoms with E-state index in [0.717, 1.165) is 23.0 Å². The molecule has 0 aliphatic carbocycles. The molecule has 0 radical (unpaired) electrons. The Morgan fingerprint density at radius 2 is 1.78 bits per heavy atom. The fourth-order valence-corrected chi connectivity index (χ4v) is 2.23. The van der Waals surface area contributed by atoms with Gasteiger partial charge in [-0.2, -0.15) is 0 Å². The largest absolute Gasteiger partial charge is 0.325 e. The average molecular weight is 312 g/mol. The van der Waals surface area contributed by atoms with E-state index in [2.05, 4.69) is 28.2 Å². The van der Waals surface area contributed by atoms with Gasteiger partial charge in [-0.3, -0.25) is 4.79 Å². The minimum atomic E-state index is 0.109. The molecule has 0 unspecified atom stereocenters. The molecule has 0 heterocycles. The van der Waals surface area contributed by atoms with Crippen LogP contribution in [-0.2, 0) is 4.79 Å². The summed E-state index contributed by atoms with van der Waals surface area (Å²) >= 11 is 3.42. The molecular formula is C15H22BrNO. The lowest BCUT2D eigenvalue weighted by Crippen LogP contribution is -2.11. The summed E-state index contributed by atoms with van der Waals surface area (Å²) in [5, 5.41) is 2.93. The number of rotatable bonds is 8. The number of nitrogens with one attached hydrogen (secondary N) is 1. The maximum atomic E-state index is 11.7. The number of amides is 1. The Balaban J connectivity index is 2.16. The average Bonchev–Trinajstić information content (AvgIpc) is 2.36. The van der Waals surface area contributed by atoms with E-state index >= 15 is 0 Å². The van der Waals surface area contributed by atoms with Crippen molar-refractivity contribution in [2.24, 2.45) is 0 Å². The van der Waals surface area contributed by atoms with E-state index < -0.39 is 0 Å². The number of para-hydroxylation sites is 1. The first-order valence-electron chi connectivity index (χ1n) is 6.78. The van der Waals surface area contributed by atoms with Crippen molar-refractivity contribution in [2.45, 2.75) is 51.9 Å². The number of anilines is 1. The van der Waals surface area contributed by atoms with Gasteiger partial charge in [-0.1, -0.05) is 51.2 Å². The molecule has 0 spiro atoms. The molecule has 100 valence electrons. The fourth-order valence-electron chi connectivity index (χ4n) is 1.84. The highest BCUT2D eigenvalue weighted by molar-refractivity contribution is 9.10. The number of carbonyl (C=O) groups is 1. The zero-order valence-corrected chi connectivity index (χ0v) is 12.6. The van der Waals surface area contributed by atoms with Crippen LogP contribution in [0.3, 0.4) is 0 Å². The maximum absolute atomic E-state index is 11.7. The van der Waals surface area contributed by atoms with E-state index in [9.17, 15) is 4.79 Å². The van der Waals surface area contributed by atoms with Crippen LogP contribution in [0.4, 0.5) is 5.69 Å². The maximum Gasteiger partial charge on any atom is 0.224 e. The summed E-state index contributed by atoms with van der Waals surface area (Å²) in [6, 6.07) is 7.70. The van der Waals surface area contributed by atoms with Crippen molar-refractivity contribution in [3.05, 3.63) is 28.7 Å². The Labute approximate surface area is 118 Å². The SMILES string of the molecule is CCCCCCCCC(=O)Nc1ccccc1Br. The number of halogens is 1. The molecule has 1 aromatic carbocycles. The number of hydrogen-bond donors (Lipinski definition) is 1. The molecule has 18 heavy (non-hydrogen) atoms. The highest BCUT2D eigenvalue weighted by Gasteiger charge is 2.04. The molecule has 0 aliphatic rings. The van der Waals surface area contributed by atoms with Gasteiger partial charge in [0.25, 0.3) is 0 Å². The van der Waals surface area contributed by atoms with Crippen molar-refractivity contribution in [1.29, 1.82) is 0 Å². The molecule has 1 aromatic rings. The minimum Gasteiger partial charge on any atom is -0.325 e. The van der Waals surface area contributed by atoms with Crippen LogP contribution in [0.15, 0.2) is 28.7 Å². The molecule has 0 aliphatic heterocycles. The van der Waals surface area contributed by atoms with Crippen molar-refractivity contribution in [3.8, 4) is 0 Å². The summed E-state index contributed by atoms with van der Waals surface area (Å²) in [5.74, 6) is 0.109. The van der Waals surface area contributed by atoms with E-state index in [1.807, 2.05) is 24.3 Å². The molecule has 1 amide bonds. The third-order valence-corrected chi connectivity index (χ3v) is 3.60. The van der Waals surface area contributed by atoms with Gasteiger partial charge in [0, 0.05) is 10.9 Å². The van der Waals surface area contributed by atoms with Gasteiger partial charge in [0.1, 0.15) is 0 Å². The highest BCUT2D eigenvalue weighted by Crippen LogP contribution is 2.21. The molecule has 1 rings (SSSR count). The molecule has 3 heteroatoms. The molecule has 0 saturated heterocycles. The normalized spacial score (nSPS) is 10.3. The first kappa shape index (κ1) is 15.2. The minimum absolute atomic E-state index is 0.109. The quantitative estimate of drug-likeness (QED) is 0.662. The lowest BCUT2D eigenvalue weighted by atomic mass is 10.1. The van der Waals surface area contributed by atoms with Crippen LogP contribution < -0.4 is 5.32 Å². The Kier molecular flexibility index (Phi) is 7.74. The molecule has 2 nitrogen and oxygen atoms in total. The van der Waals surface area contributed by atoms with Gasteiger partial charge in [0.15, 0.2) is 0 Å². The Morgan fingerprint density at radius 3 is 2.50 bits per heavy atom. The first-order valence-corrected chi connectivity index (χ1v) is 7.57. The summed E-state index contributed by atoms with van der Waals surface area (Å²) in [4.78, 5) is 11.7. The monoisotopic (exact) mass is 311 g/mol. The van der Waals surface area contributed by atoms with Crippen LogP contribution in [-0.4, -0.2) is 5.91 Å². The van der Waals surface area contributed by atoms with Crippen LogP contribution in [0.1, 0.15) is 51.9 Å². The summed E-state index contributed by atoms with van der Waals surface area (Å²) in [5.41, 5.74) is 0.855. The Morgan fingerprint density at radius 1 is 1.11 bits per heavy atom. The lowest BCUT2D eigenvalue weighted by Gasteiger charge is -2.06. The smallest absolute Gasteiger partial charge is 0.224 e. The van der Waals surface area contributed by atoms with Gasteiger partial charge in [0.05, 0.1) is 5.69 Å². The lowest BCUT2D eigenvalue weighted by molar-refractivity contribution is -0.116. The zero-order chi connectivity index (χ0) is 13.2. The van der Waals surface area contributed by atoms with Crippen LogP contribution in [0.5, 0.6) is 0 Å². The second-order valence-electron chi connectivity index (χ2n) is 4.55. The van der Waals surface area contributed by atoms with E-state index in [-0.39, 0.29) is 5.91 Å².